The van der Waals surface area contributed by atoms with E-state index in [1.165, 1.54) is 0 Å². The first-order valence-corrected chi connectivity index (χ1v) is 9.55. The molecule has 2 aliphatic rings. The van der Waals surface area contributed by atoms with E-state index in [1.807, 2.05) is 30.0 Å². The highest BCUT2D eigenvalue weighted by Crippen LogP contribution is 2.41. The standard InChI is InChI=1S/C15H16Br2O2S/c16-11-1-2-13(17)12(7-11)14(18)10-3-5-19-15(8-10)4-6-20-9-15/h1-2,7,10H,3-6,8-9H2. The van der Waals surface area contributed by atoms with Gasteiger partial charge in [0.15, 0.2) is 5.78 Å². The molecule has 3 rings (SSSR count). The number of hydrogen-bond acceptors (Lipinski definition) is 3. The van der Waals surface area contributed by atoms with Crippen molar-refractivity contribution in [3.63, 3.8) is 0 Å². The van der Waals surface area contributed by atoms with Crippen molar-refractivity contribution in [2.24, 2.45) is 5.92 Å². The van der Waals surface area contributed by atoms with Gasteiger partial charge in [0, 0.05) is 32.8 Å². The Morgan fingerprint density at radius 2 is 2.25 bits per heavy atom. The summed E-state index contributed by atoms with van der Waals surface area (Å²) in [5.41, 5.74) is 0.744. The molecule has 2 nitrogen and oxygen atoms in total. The zero-order valence-electron chi connectivity index (χ0n) is 11.0. The maximum absolute atomic E-state index is 12.8. The van der Waals surface area contributed by atoms with E-state index in [-0.39, 0.29) is 17.3 Å². The van der Waals surface area contributed by atoms with Crippen LogP contribution < -0.4 is 0 Å². The van der Waals surface area contributed by atoms with Crippen molar-refractivity contribution in [1.82, 2.24) is 0 Å². The molecule has 0 radical (unpaired) electrons. The van der Waals surface area contributed by atoms with E-state index in [9.17, 15) is 4.79 Å². The van der Waals surface area contributed by atoms with Crippen LogP contribution in [0.5, 0.6) is 0 Å². The van der Waals surface area contributed by atoms with E-state index >= 15 is 0 Å². The van der Waals surface area contributed by atoms with Gasteiger partial charge >= 0.3 is 0 Å². The summed E-state index contributed by atoms with van der Waals surface area (Å²) in [4.78, 5) is 12.8. The maximum atomic E-state index is 12.8. The Labute approximate surface area is 140 Å². The first-order chi connectivity index (χ1) is 9.60. The lowest BCUT2D eigenvalue weighted by molar-refractivity contribution is -0.0734. The van der Waals surface area contributed by atoms with Crippen LogP contribution in [0.1, 0.15) is 29.6 Å². The molecule has 2 fully saturated rings. The van der Waals surface area contributed by atoms with E-state index < -0.39 is 0 Å². The largest absolute Gasteiger partial charge is 0.374 e. The van der Waals surface area contributed by atoms with Crippen LogP contribution in [0.2, 0.25) is 0 Å². The van der Waals surface area contributed by atoms with Gasteiger partial charge in [0.25, 0.3) is 0 Å². The van der Waals surface area contributed by atoms with Gasteiger partial charge in [-0.05, 0) is 43.2 Å². The Bertz CT molecular complexity index is 527. The highest BCUT2D eigenvalue weighted by molar-refractivity contribution is 9.11. The molecule has 0 aromatic heterocycles. The molecule has 1 aromatic carbocycles. The predicted molar refractivity (Wildman–Crippen MR) is 89.5 cm³/mol. The van der Waals surface area contributed by atoms with Gasteiger partial charge in [-0.2, -0.15) is 11.8 Å². The number of halogens is 2. The van der Waals surface area contributed by atoms with Crippen molar-refractivity contribution in [2.75, 3.05) is 18.1 Å². The van der Waals surface area contributed by atoms with Gasteiger partial charge < -0.3 is 4.74 Å². The van der Waals surface area contributed by atoms with E-state index in [2.05, 4.69) is 31.9 Å². The molecule has 0 aliphatic carbocycles. The Morgan fingerprint density at radius 3 is 3.00 bits per heavy atom. The normalized spacial score (nSPS) is 29.8. The second kappa shape index (κ2) is 6.11. The summed E-state index contributed by atoms with van der Waals surface area (Å²) in [6.07, 6.45) is 2.79. The fraction of sp³-hybridized carbons (Fsp3) is 0.533. The quantitative estimate of drug-likeness (QED) is 0.650. The van der Waals surface area contributed by atoms with Crippen molar-refractivity contribution in [3.8, 4) is 0 Å². The zero-order chi connectivity index (χ0) is 14.2. The van der Waals surface area contributed by atoms with Gasteiger partial charge in [0.2, 0.25) is 0 Å². The van der Waals surface area contributed by atoms with Gasteiger partial charge in [-0.1, -0.05) is 31.9 Å². The summed E-state index contributed by atoms with van der Waals surface area (Å²) < 4.78 is 7.83. The first-order valence-electron chi connectivity index (χ1n) is 6.81. The molecular formula is C15H16Br2O2S. The number of carbonyl (C=O) groups excluding carboxylic acids is 1. The molecule has 0 amide bonds. The summed E-state index contributed by atoms with van der Waals surface area (Å²) in [7, 11) is 0. The fourth-order valence-electron chi connectivity index (χ4n) is 3.02. The average Bonchev–Trinajstić information content (AvgIpc) is 2.88. The Morgan fingerprint density at radius 1 is 1.40 bits per heavy atom. The number of thioether (sulfide) groups is 1. The van der Waals surface area contributed by atoms with Crippen LogP contribution >= 0.6 is 43.6 Å². The van der Waals surface area contributed by atoms with Gasteiger partial charge in [0.05, 0.1) is 5.60 Å². The zero-order valence-corrected chi connectivity index (χ0v) is 15.0. The number of Topliss-reactive ketones (excluding diaryl/α,β-unsaturated/α-hetero) is 1. The highest BCUT2D eigenvalue weighted by atomic mass is 79.9. The van der Waals surface area contributed by atoms with Gasteiger partial charge in [-0.3, -0.25) is 4.79 Å². The van der Waals surface area contributed by atoms with Crippen molar-refractivity contribution in [2.45, 2.75) is 24.9 Å². The van der Waals surface area contributed by atoms with E-state index in [4.69, 9.17) is 4.74 Å². The van der Waals surface area contributed by atoms with Crippen LogP contribution in [-0.2, 0) is 4.74 Å². The molecule has 1 spiro atoms. The number of benzene rings is 1. The van der Waals surface area contributed by atoms with E-state index in [0.29, 0.717) is 6.61 Å². The summed E-state index contributed by atoms with van der Waals surface area (Å²) >= 11 is 8.88. The molecule has 0 N–H and O–H groups in total. The maximum Gasteiger partial charge on any atom is 0.167 e. The third-order valence-corrected chi connectivity index (χ3v) is 6.53. The van der Waals surface area contributed by atoms with Crippen molar-refractivity contribution in [1.29, 1.82) is 0 Å². The summed E-state index contributed by atoms with van der Waals surface area (Å²) in [6, 6.07) is 5.79. The van der Waals surface area contributed by atoms with Crippen LogP contribution in [0.3, 0.4) is 0 Å². The summed E-state index contributed by atoms with van der Waals surface area (Å²) in [6.45, 7) is 0.711. The summed E-state index contributed by atoms with van der Waals surface area (Å²) in [5, 5.41) is 0. The van der Waals surface area contributed by atoms with Crippen LogP contribution in [0.15, 0.2) is 27.1 Å². The van der Waals surface area contributed by atoms with Crippen molar-refractivity contribution >= 4 is 49.4 Å². The number of hydrogen-bond donors (Lipinski definition) is 0. The molecule has 1 aromatic rings. The Balaban J connectivity index is 1.81. The number of rotatable bonds is 2. The third-order valence-electron chi connectivity index (χ3n) is 4.12. The van der Waals surface area contributed by atoms with Crippen LogP contribution in [-0.4, -0.2) is 29.5 Å². The van der Waals surface area contributed by atoms with Crippen LogP contribution in [0.4, 0.5) is 0 Å². The molecule has 2 heterocycles. The van der Waals surface area contributed by atoms with Gasteiger partial charge in [-0.25, -0.2) is 0 Å². The SMILES string of the molecule is O=C(c1cc(Br)ccc1Br)C1CCOC2(CCSC2)C1. The monoisotopic (exact) mass is 418 g/mol. The fourth-order valence-corrected chi connectivity index (χ4v) is 5.20. The minimum Gasteiger partial charge on any atom is -0.374 e. The lowest BCUT2D eigenvalue weighted by atomic mass is 9.81. The van der Waals surface area contributed by atoms with Crippen LogP contribution in [0, 0.1) is 5.92 Å². The minimum atomic E-state index is -0.0399. The van der Waals surface area contributed by atoms with Gasteiger partial charge in [-0.15, -0.1) is 0 Å². The molecule has 5 heteroatoms. The molecule has 2 atom stereocenters. The predicted octanol–water partition coefficient (Wildman–Crippen LogP) is 4.70. The molecule has 2 saturated heterocycles. The lowest BCUT2D eigenvalue weighted by Gasteiger charge is -2.37. The molecule has 108 valence electrons. The second-order valence-corrected chi connectivity index (χ2v) is 8.39. The number of carbonyl (C=O) groups is 1. The molecule has 0 bridgehead atoms. The lowest BCUT2D eigenvalue weighted by Crippen LogP contribution is -2.42. The molecule has 2 aliphatic heterocycles. The van der Waals surface area contributed by atoms with E-state index in [0.717, 1.165) is 45.3 Å². The Hall–Kier alpha value is 0.160. The molecule has 2 unspecified atom stereocenters. The molecule has 0 saturated carbocycles. The first kappa shape index (κ1) is 15.1. The Kier molecular flexibility index (Phi) is 4.60. The van der Waals surface area contributed by atoms with Gasteiger partial charge in [0.1, 0.15) is 0 Å². The van der Waals surface area contributed by atoms with Crippen molar-refractivity contribution in [3.05, 3.63) is 32.7 Å². The smallest absolute Gasteiger partial charge is 0.167 e. The molecular weight excluding hydrogens is 404 g/mol. The third kappa shape index (κ3) is 3.01. The topological polar surface area (TPSA) is 26.3 Å². The average molecular weight is 420 g/mol. The minimum absolute atomic E-state index is 0.0399. The summed E-state index contributed by atoms with van der Waals surface area (Å²) in [5.74, 6) is 2.53. The molecule has 20 heavy (non-hydrogen) atoms. The van der Waals surface area contributed by atoms with Crippen molar-refractivity contribution < 1.29 is 9.53 Å². The number of ether oxygens (including phenoxy) is 1. The second-order valence-electron chi connectivity index (χ2n) is 5.51. The van der Waals surface area contributed by atoms with Crippen LogP contribution in [0.25, 0.3) is 0 Å². The van der Waals surface area contributed by atoms with E-state index in [1.54, 1.807) is 0 Å². The number of ketones is 1. The highest BCUT2D eigenvalue weighted by Gasteiger charge is 2.42.